The molecule has 4 rings (SSSR count). The Morgan fingerprint density at radius 2 is 1.76 bits per heavy atom. The summed E-state index contributed by atoms with van der Waals surface area (Å²) in [5.41, 5.74) is 4.52. The molecular weight excluding hydrogens is 478 g/mol. The largest absolute Gasteiger partial charge is 0.355 e. The maximum absolute atomic E-state index is 12.9. The van der Waals surface area contributed by atoms with Gasteiger partial charge in [0.25, 0.3) is 5.91 Å². The van der Waals surface area contributed by atoms with E-state index < -0.39 is 0 Å². The van der Waals surface area contributed by atoms with Crippen molar-refractivity contribution in [3.63, 3.8) is 0 Å². The van der Waals surface area contributed by atoms with Gasteiger partial charge in [-0.25, -0.2) is 4.98 Å². The average molecular weight is 516 g/mol. The minimum absolute atomic E-state index is 0.0338. The molecule has 0 aliphatic heterocycles. The third kappa shape index (κ3) is 6.86. The molecule has 6 nitrogen and oxygen atoms in total. The van der Waals surface area contributed by atoms with Gasteiger partial charge in [-0.1, -0.05) is 32.0 Å². The molecular formula is C30H37N5OS. The minimum atomic E-state index is -0.372. The molecule has 2 N–H and O–H groups in total. The van der Waals surface area contributed by atoms with Gasteiger partial charge in [-0.05, 0) is 75.4 Å². The van der Waals surface area contributed by atoms with Gasteiger partial charge in [0.05, 0.1) is 16.8 Å². The first-order valence-electron chi connectivity index (χ1n) is 12.7. The lowest BCUT2D eigenvalue weighted by Crippen LogP contribution is -2.44. The maximum atomic E-state index is 12.9. The van der Waals surface area contributed by atoms with Crippen molar-refractivity contribution in [3.8, 4) is 22.4 Å². The number of hydrogen-bond donors (Lipinski definition) is 2. The van der Waals surface area contributed by atoms with Crippen molar-refractivity contribution in [2.75, 3.05) is 11.9 Å². The molecule has 0 spiro atoms. The number of amides is 1. The van der Waals surface area contributed by atoms with E-state index in [0.717, 1.165) is 33.9 Å². The van der Waals surface area contributed by atoms with E-state index in [-0.39, 0.29) is 17.0 Å². The number of nitrogens with zero attached hydrogens (tertiary/aromatic N) is 3. The number of rotatable bonds is 10. The number of aromatic nitrogens is 3. The Balaban J connectivity index is 1.37. The van der Waals surface area contributed by atoms with E-state index in [1.165, 1.54) is 0 Å². The number of thiazole rings is 1. The van der Waals surface area contributed by atoms with Crippen LogP contribution in [0, 0.1) is 5.92 Å². The summed E-state index contributed by atoms with van der Waals surface area (Å²) in [4.78, 5) is 21.8. The van der Waals surface area contributed by atoms with E-state index in [1.807, 2.05) is 36.7 Å². The summed E-state index contributed by atoms with van der Waals surface area (Å²) < 4.78 is 2.14. The molecule has 0 aliphatic carbocycles. The molecule has 1 amide bonds. The van der Waals surface area contributed by atoms with E-state index in [1.54, 1.807) is 23.7 Å². The predicted molar refractivity (Wildman–Crippen MR) is 154 cm³/mol. The highest BCUT2D eigenvalue weighted by molar-refractivity contribution is 7.14. The Labute approximate surface area is 224 Å². The molecule has 7 heteroatoms. The Kier molecular flexibility index (Phi) is 7.83. The molecule has 0 aliphatic rings. The van der Waals surface area contributed by atoms with Crippen molar-refractivity contribution < 1.29 is 4.79 Å². The number of pyridine rings is 1. The fourth-order valence-corrected chi connectivity index (χ4v) is 5.51. The Hall–Kier alpha value is -3.45. The van der Waals surface area contributed by atoms with Gasteiger partial charge < -0.3 is 15.2 Å². The predicted octanol–water partition coefficient (Wildman–Crippen LogP) is 7.08. The Morgan fingerprint density at radius 3 is 2.49 bits per heavy atom. The van der Waals surface area contributed by atoms with Crippen LogP contribution in [0.4, 0.5) is 5.13 Å². The highest BCUT2D eigenvalue weighted by Crippen LogP contribution is 2.30. The van der Waals surface area contributed by atoms with Crippen molar-refractivity contribution in [2.45, 2.75) is 59.0 Å². The van der Waals surface area contributed by atoms with E-state index in [4.69, 9.17) is 4.98 Å². The highest BCUT2D eigenvalue weighted by atomic mass is 32.1. The van der Waals surface area contributed by atoms with Crippen molar-refractivity contribution in [3.05, 3.63) is 78.2 Å². The van der Waals surface area contributed by atoms with Gasteiger partial charge in [-0.3, -0.25) is 9.78 Å². The molecule has 4 aromatic rings. The van der Waals surface area contributed by atoms with Crippen LogP contribution in [-0.4, -0.2) is 32.5 Å². The van der Waals surface area contributed by atoms with Crippen molar-refractivity contribution in [2.24, 2.45) is 5.92 Å². The fourth-order valence-electron chi connectivity index (χ4n) is 4.61. The zero-order chi connectivity index (χ0) is 26.6. The lowest BCUT2D eigenvalue weighted by Gasteiger charge is -2.29. The molecule has 0 saturated heterocycles. The van der Waals surface area contributed by atoms with Gasteiger partial charge in [-0.15, -0.1) is 11.3 Å². The molecule has 3 aromatic heterocycles. The second-order valence-electron chi connectivity index (χ2n) is 11.3. The molecule has 194 valence electrons. The van der Waals surface area contributed by atoms with Crippen molar-refractivity contribution >= 4 is 22.4 Å². The summed E-state index contributed by atoms with van der Waals surface area (Å²) in [5.74, 6) is 0.514. The monoisotopic (exact) mass is 515 g/mol. The van der Waals surface area contributed by atoms with Crippen LogP contribution in [0.5, 0.6) is 0 Å². The summed E-state index contributed by atoms with van der Waals surface area (Å²) in [6, 6.07) is 14.3. The summed E-state index contributed by atoms with van der Waals surface area (Å²) in [7, 11) is 0. The average Bonchev–Trinajstić information content (AvgIpc) is 3.53. The molecule has 0 radical (unpaired) electrons. The highest BCUT2D eigenvalue weighted by Gasteiger charge is 2.24. The molecule has 0 atom stereocenters. The summed E-state index contributed by atoms with van der Waals surface area (Å²) in [6.07, 6.45) is 8.60. The molecule has 0 saturated carbocycles. The fraction of sp³-hybridized carbons (Fsp3) is 0.367. The zero-order valence-electron chi connectivity index (χ0n) is 22.6. The van der Waals surface area contributed by atoms with Crippen LogP contribution in [0.25, 0.3) is 22.4 Å². The molecule has 1 aromatic carbocycles. The number of anilines is 1. The Morgan fingerprint density at radius 1 is 1.03 bits per heavy atom. The number of nitrogens with one attached hydrogen (secondary N) is 2. The van der Waals surface area contributed by atoms with Gasteiger partial charge in [0.15, 0.2) is 5.13 Å². The third-order valence-corrected chi connectivity index (χ3v) is 7.13. The maximum Gasteiger partial charge on any atom is 0.252 e. The standard InChI is InChI=1S/C30H37N5OS/c1-21(2)17-30(5,6)35-15-12-25(18-35)27(36)32-20-29(3,4)34-28-33-26(19-37-28)24-9-7-8-23(16-24)22-10-13-31-14-11-22/h7-16,18-19,21H,17,20H2,1-6H3,(H,32,36)(H,33,34). The quantitative estimate of drug-likeness (QED) is 0.237. The smallest absolute Gasteiger partial charge is 0.252 e. The van der Waals surface area contributed by atoms with Crippen LogP contribution in [-0.2, 0) is 5.54 Å². The van der Waals surface area contributed by atoms with Gasteiger partial charge in [0.2, 0.25) is 0 Å². The molecule has 3 heterocycles. The number of carbonyl (C=O) groups is 1. The Bertz CT molecular complexity index is 1340. The van der Waals surface area contributed by atoms with Gasteiger partial charge in [0.1, 0.15) is 0 Å². The molecule has 0 bridgehead atoms. The van der Waals surface area contributed by atoms with Crippen molar-refractivity contribution in [1.29, 1.82) is 0 Å². The zero-order valence-corrected chi connectivity index (χ0v) is 23.4. The van der Waals surface area contributed by atoms with E-state index in [2.05, 4.69) is 85.3 Å². The molecule has 37 heavy (non-hydrogen) atoms. The first-order chi connectivity index (χ1) is 17.5. The van der Waals surface area contributed by atoms with Crippen LogP contribution in [0.2, 0.25) is 0 Å². The summed E-state index contributed by atoms with van der Waals surface area (Å²) >= 11 is 1.57. The lowest BCUT2D eigenvalue weighted by atomic mass is 9.92. The number of hydrogen-bond acceptors (Lipinski definition) is 5. The van der Waals surface area contributed by atoms with Crippen molar-refractivity contribution in [1.82, 2.24) is 19.9 Å². The van der Waals surface area contributed by atoms with Crippen LogP contribution < -0.4 is 10.6 Å². The van der Waals surface area contributed by atoms with Gasteiger partial charge in [-0.2, -0.15) is 0 Å². The normalized spacial score (nSPS) is 12.1. The first kappa shape index (κ1) is 26.6. The first-order valence-corrected chi connectivity index (χ1v) is 13.6. The molecule has 0 fully saturated rings. The van der Waals surface area contributed by atoms with Crippen LogP contribution in [0.15, 0.2) is 72.6 Å². The molecule has 0 unspecified atom stereocenters. The second kappa shape index (κ2) is 10.9. The van der Waals surface area contributed by atoms with Crippen LogP contribution in [0.1, 0.15) is 58.3 Å². The summed E-state index contributed by atoms with van der Waals surface area (Å²) in [6.45, 7) is 13.5. The number of benzene rings is 1. The van der Waals surface area contributed by atoms with E-state index >= 15 is 0 Å². The van der Waals surface area contributed by atoms with Crippen LogP contribution >= 0.6 is 11.3 Å². The van der Waals surface area contributed by atoms with Gasteiger partial charge >= 0.3 is 0 Å². The van der Waals surface area contributed by atoms with E-state index in [0.29, 0.717) is 18.0 Å². The SMILES string of the molecule is CC(C)CC(C)(C)n1ccc(C(=O)NCC(C)(C)Nc2nc(-c3cccc(-c4ccncc4)c3)cs2)c1. The third-order valence-electron chi connectivity index (χ3n) is 6.37. The number of carbonyl (C=O) groups excluding carboxylic acids is 1. The second-order valence-corrected chi connectivity index (χ2v) is 12.1. The topological polar surface area (TPSA) is 71.8 Å². The van der Waals surface area contributed by atoms with Crippen LogP contribution in [0.3, 0.4) is 0 Å². The van der Waals surface area contributed by atoms with E-state index in [9.17, 15) is 4.79 Å². The lowest BCUT2D eigenvalue weighted by molar-refractivity contribution is 0.0947. The summed E-state index contributed by atoms with van der Waals surface area (Å²) in [5, 5.41) is 9.46. The minimum Gasteiger partial charge on any atom is -0.355 e. The van der Waals surface area contributed by atoms with Gasteiger partial charge in [0, 0.05) is 47.8 Å².